The largest absolute Gasteiger partial charge is 0.496 e. The van der Waals surface area contributed by atoms with Crippen molar-refractivity contribution in [3.63, 3.8) is 0 Å². The minimum Gasteiger partial charge on any atom is -0.496 e. The zero-order valence-corrected chi connectivity index (χ0v) is 13.8. The van der Waals surface area contributed by atoms with Crippen LogP contribution in [-0.2, 0) is 9.53 Å². The van der Waals surface area contributed by atoms with E-state index >= 15 is 0 Å². The van der Waals surface area contributed by atoms with Crippen molar-refractivity contribution in [3.8, 4) is 5.75 Å². The van der Waals surface area contributed by atoms with Crippen LogP contribution in [0.25, 0.3) is 12.2 Å². The van der Waals surface area contributed by atoms with E-state index in [4.69, 9.17) is 9.47 Å². The van der Waals surface area contributed by atoms with Gasteiger partial charge in [-0.1, -0.05) is 60.7 Å². The van der Waals surface area contributed by atoms with Crippen LogP contribution < -0.4 is 4.74 Å². The van der Waals surface area contributed by atoms with Gasteiger partial charge in [-0.3, -0.25) is 0 Å². The molecule has 0 spiro atoms. The second-order valence-electron chi connectivity index (χ2n) is 5.24. The molecule has 0 fully saturated rings. The lowest BCUT2D eigenvalue weighted by atomic mass is 10.2. The zero-order chi connectivity index (χ0) is 17.5. The fourth-order valence-corrected chi connectivity index (χ4v) is 2.29. The van der Waals surface area contributed by atoms with E-state index in [1.165, 1.54) is 0 Å². The maximum Gasteiger partial charge on any atom is 0.363 e. The van der Waals surface area contributed by atoms with Gasteiger partial charge in [0.1, 0.15) is 5.75 Å². The summed E-state index contributed by atoms with van der Waals surface area (Å²) >= 11 is 0. The van der Waals surface area contributed by atoms with Crippen molar-refractivity contribution in [1.82, 2.24) is 0 Å². The molecule has 4 nitrogen and oxygen atoms in total. The molecule has 0 aromatic heterocycles. The topological polar surface area (TPSA) is 47.9 Å². The molecule has 1 aliphatic heterocycles. The molecule has 3 rings (SSSR count). The number of carbonyl (C=O) groups excluding carboxylic acids is 1. The van der Waals surface area contributed by atoms with Crippen LogP contribution in [-0.4, -0.2) is 19.0 Å². The Labute approximate surface area is 146 Å². The highest BCUT2D eigenvalue weighted by atomic mass is 16.6. The second kappa shape index (κ2) is 7.93. The van der Waals surface area contributed by atoms with Crippen molar-refractivity contribution in [1.29, 1.82) is 0 Å². The fourth-order valence-electron chi connectivity index (χ4n) is 2.29. The molecule has 0 unspecified atom stereocenters. The minimum absolute atomic E-state index is 0.260. The molecule has 124 valence electrons. The number of hydrogen-bond donors (Lipinski definition) is 0. The van der Waals surface area contributed by atoms with Gasteiger partial charge in [-0.25, -0.2) is 9.79 Å². The lowest BCUT2D eigenvalue weighted by molar-refractivity contribution is -0.129. The van der Waals surface area contributed by atoms with Crippen LogP contribution in [0.1, 0.15) is 11.1 Å². The Morgan fingerprint density at radius 3 is 2.52 bits per heavy atom. The van der Waals surface area contributed by atoms with E-state index in [0.29, 0.717) is 0 Å². The molecular formula is C21H17NO3. The molecule has 25 heavy (non-hydrogen) atoms. The fraction of sp³-hybridized carbons (Fsp3) is 0.0476. The second-order valence-corrected chi connectivity index (χ2v) is 5.24. The molecule has 0 atom stereocenters. The van der Waals surface area contributed by atoms with E-state index in [-0.39, 0.29) is 11.6 Å². The quantitative estimate of drug-likeness (QED) is 0.607. The van der Waals surface area contributed by atoms with Gasteiger partial charge in [-0.15, -0.1) is 0 Å². The summed E-state index contributed by atoms with van der Waals surface area (Å²) in [4.78, 5) is 16.1. The van der Waals surface area contributed by atoms with Gasteiger partial charge in [-0.05, 0) is 23.8 Å². The minimum atomic E-state index is -0.461. The van der Waals surface area contributed by atoms with Crippen molar-refractivity contribution in [2.75, 3.05) is 7.11 Å². The number of carbonyl (C=O) groups is 1. The molecule has 1 heterocycles. The number of rotatable bonds is 5. The van der Waals surface area contributed by atoms with Gasteiger partial charge in [0.05, 0.1) is 7.11 Å². The van der Waals surface area contributed by atoms with Crippen LogP contribution in [0.5, 0.6) is 5.75 Å². The summed E-state index contributed by atoms with van der Waals surface area (Å²) in [5, 5.41) is 0. The summed E-state index contributed by atoms with van der Waals surface area (Å²) in [6, 6.07) is 17.4. The summed E-state index contributed by atoms with van der Waals surface area (Å²) < 4.78 is 10.4. The number of benzene rings is 2. The van der Waals surface area contributed by atoms with Gasteiger partial charge in [-0.2, -0.15) is 0 Å². The summed E-state index contributed by atoms with van der Waals surface area (Å²) in [5.74, 6) is 0.540. The predicted molar refractivity (Wildman–Crippen MR) is 99.1 cm³/mol. The summed E-state index contributed by atoms with van der Waals surface area (Å²) in [7, 11) is 1.61. The molecule has 0 saturated heterocycles. The van der Waals surface area contributed by atoms with E-state index in [1.807, 2.05) is 60.7 Å². The van der Waals surface area contributed by atoms with Crippen molar-refractivity contribution < 1.29 is 14.3 Å². The van der Waals surface area contributed by atoms with E-state index in [9.17, 15) is 4.79 Å². The highest BCUT2D eigenvalue weighted by Crippen LogP contribution is 2.20. The number of cyclic esters (lactones) is 1. The third-order valence-corrected chi connectivity index (χ3v) is 3.52. The maximum absolute atomic E-state index is 11.9. The molecule has 0 N–H and O–H groups in total. The number of esters is 1. The lowest BCUT2D eigenvalue weighted by Crippen LogP contribution is -2.01. The third-order valence-electron chi connectivity index (χ3n) is 3.52. The molecule has 0 amide bonds. The van der Waals surface area contributed by atoms with Crippen LogP contribution in [0.4, 0.5) is 0 Å². The van der Waals surface area contributed by atoms with Crippen LogP contribution >= 0.6 is 0 Å². The number of hydrogen-bond acceptors (Lipinski definition) is 4. The van der Waals surface area contributed by atoms with Gasteiger partial charge >= 0.3 is 5.97 Å². The Morgan fingerprint density at radius 2 is 1.72 bits per heavy atom. The van der Waals surface area contributed by atoms with Crippen molar-refractivity contribution in [2.24, 2.45) is 4.99 Å². The van der Waals surface area contributed by atoms with Crippen molar-refractivity contribution >= 4 is 24.0 Å². The van der Waals surface area contributed by atoms with Crippen molar-refractivity contribution in [2.45, 2.75) is 0 Å². The number of allylic oxidation sites excluding steroid dienone is 2. The predicted octanol–water partition coefficient (Wildman–Crippen LogP) is 4.26. The smallest absolute Gasteiger partial charge is 0.363 e. The molecule has 2 aromatic carbocycles. The highest BCUT2D eigenvalue weighted by Gasteiger charge is 2.20. The molecule has 0 saturated carbocycles. The van der Waals surface area contributed by atoms with E-state index < -0.39 is 5.97 Å². The highest BCUT2D eigenvalue weighted by molar-refractivity contribution is 6.10. The van der Waals surface area contributed by atoms with Gasteiger partial charge in [0.2, 0.25) is 5.90 Å². The number of ether oxygens (including phenoxy) is 2. The normalized spacial score (nSPS) is 15.8. The Bertz CT molecular complexity index is 877. The van der Waals surface area contributed by atoms with Crippen LogP contribution in [0.15, 0.2) is 83.5 Å². The number of methoxy groups -OCH3 is 1. The Balaban J connectivity index is 1.73. The summed E-state index contributed by atoms with van der Waals surface area (Å²) in [6.45, 7) is 0. The van der Waals surface area contributed by atoms with Gasteiger partial charge in [0.25, 0.3) is 0 Å². The lowest BCUT2D eigenvalue weighted by Gasteiger charge is -2.02. The Morgan fingerprint density at radius 1 is 0.960 bits per heavy atom. The first kappa shape index (κ1) is 16.5. The molecule has 0 bridgehead atoms. The van der Waals surface area contributed by atoms with E-state index in [1.54, 1.807) is 31.4 Å². The van der Waals surface area contributed by atoms with Gasteiger partial charge in [0, 0.05) is 11.6 Å². The summed E-state index contributed by atoms with van der Waals surface area (Å²) in [5.41, 5.74) is 2.20. The number of nitrogens with zero attached hydrogens (tertiary/aromatic N) is 1. The van der Waals surface area contributed by atoms with Crippen LogP contribution in [0, 0.1) is 0 Å². The van der Waals surface area contributed by atoms with E-state index in [0.717, 1.165) is 16.9 Å². The first-order valence-electron chi connectivity index (χ1n) is 7.81. The molecule has 0 aliphatic carbocycles. The standard InChI is InChI=1S/C21H17NO3/c1-24-19-13-6-5-11-17(19)14-15-20-22-18(21(23)25-20)12-7-10-16-8-3-2-4-9-16/h2-15H,1H3/b10-7+,15-14+,18-12-. The van der Waals surface area contributed by atoms with Gasteiger partial charge < -0.3 is 9.47 Å². The molecule has 0 radical (unpaired) electrons. The van der Waals surface area contributed by atoms with Crippen molar-refractivity contribution in [3.05, 3.63) is 89.6 Å². The third kappa shape index (κ3) is 4.32. The van der Waals surface area contributed by atoms with Crippen LogP contribution in [0.2, 0.25) is 0 Å². The number of aliphatic imine (C=N–C) groups is 1. The summed E-state index contributed by atoms with van der Waals surface area (Å²) in [6.07, 6.45) is 8.77. The molecule has 2 aromatic rings. The number of para-hydroxylation sites is 1. The molecular weight excluding hydrogens is 314 g/mol. The first-order chi connectivity index (χ1) is 12.3. The SMILES string of the molecule is COc1ccccc1/C=C/C1=NC(=C\C=C\c2ccccc2)/C(=O)O1. The monoisotopic (exact) mass is 331 g/mol. The van der Waals surface area contributed by atoms with Gasteiger partial charge in [0.15, 0.2) is 5.70 Å². The maximum atomic E-state index is 11.9. The van der Waals surface area contributed by atoms with E-state index in [2.05, 4.69) is 4.99 Å². The molecule has 4 heteroatoms. The molecule has 1 aliphatic rings. The van der Waals surface area contributed by atoms with Crippen LogP contribution in [0.3, 0.4) is 0 Å². The Kier molecular flexibility index (Phi) is 5.22. The first-order valence-corrected chi connectivity index (χ1v) is 7.81. The average molecular weight is 331 g/mol. The Hall–Kier alpha value is -3.40. The average Bonchev–Trinajstić information content (AvgIpc) is 3.01. The zero-order valence-electron chi connectivity index (χ0n) is 13.8.